The van der Waals surface area contributed by atoms with Gasteiger partial charge in [-0.25, -0.2) is 8.42 Å². The van der Waals surface area contributed by atoms with Gasteiger partial charge < -0.3 is 9.52 Å². The van der Waals surface area contributed by atoms with E-state index < -0.39 is 10.0 Å². The molecule has 1 saturated carbocycles. The molecule has 5 nitrogen and oxygen atoms in total. The van der Waals surface area contributed by atoms with Gasteiger partial charge in [0.2, 0.25) is 5.09 Å². The van der Waals surface area contributed by atoms with E-state index in [2.05, 4.69) is 0 Å². The lowest BCUT2D eigenvalue weighted by molar-refractivity contribution is 0.235. The minimum absolute atomic E-state index is 0.0784. The van der Waals surface area contributed by atoms with Gasteiger partial charge in [0.25, 0.3) is 10.0 Å². The average Bonchev–Trinajstić information content (AvgIpc) is 2.95. The quantitative estimate of drug-likeness (QED) is 0.838. The third kappa shape index (κ3) is 2.00. The standard InChI is InChI=1S/C10H15NO4S/c1-2-11(8-3-4-8)16(13,14)10-6-5-9(7-12)15-10/h5-6,8,12H,2-4,7H2,1H3. The maximum Gasteiger partial charge on any atom is 0.276 e. The Bertz CT molecular complexity index is 461. The molecule has 0 atom stereocenters. The molecule has 1 aliphatic rings. The highest BCUT2D eigenvalue weighted by atomic mass is 32.2. The SMILES string of the molecule is CCN(C1CC1)S(=O)(=O)c1ccc(CO)o1. The van der Waals surface area contributed by atoms with Crippen LogP contribution in [0.2, 0.25) is 0 Å². The minimum atomic E-state index is -3.52. The normalized spacial score (nSPS) is 16.9. The number of aliphatic hydroxyl groups excluding tert-OH is 1. The molecule has 1 aromatic rings. The molecular formula is C10H15NO4S. The van der Waals surface area contributed by atoms with Gasteiger partial charge in [0.05, 0.1) is 0 Å². The molecule has 0 saturated heterocycles. The number of hydrogen-bond acceptors (Lipinski definition) is 4. The lowest BCUT2D eigenvalue weighted by atomic mass is 10.5. The van der Waals surface area contributed by atoms with E-state index in [1.807, 2.05) is 6.92 Å². The van der Waals surface area contributed by atoms with Crippen LogP contribution in [-0.2, 0) is 16.6 Å². The molecule has 1 aliphatic carbocycles. The van der Waals surface area contributed by atoms with Crippen LogP contribution in [0.4, 0.5) is 0 Å². The van der Waals surface area contributed by atoms with E-state index in [4.69, 9.17) is 9.52 Å². The van der Waals surface area contributed by atoms with Crippen molar-refractivity contribution < 1.29 is 17.9 Å². The summed E-state index contributed by atoms with van der Waals surface area (Å²) in [4.78, 5) is 0. The third-order valence-electron chi connectivity index (χ3n) is 2.62. The molecule has 1 aromatic heterocycles. The van der Waals surface area contributed by atoms with E-state index in [-0.39, 0.29) is 23.5 Å². The maximum atomic E-state index is 12.1. The van der Waals surface area contributed by atoms with Crippen LogP contribution in [0.3, 0.4) is 0 Å². The van der Waals surface area contributed by atoms with E-state index in [0.717, 1.165) is 12.8 Å². The van der Waals surface area contributed by atoms with Gasteiger partial charge in [0.15, 0.2) is 0 Å². The van der Waals surface area contributed by atoms with Gasteiger partial charge in [-0.15, -0.1) is 0 Å². The highest BCUT2D eigenvalue weighted by Crippen LogP contribution is 2.32. The molecule has 6 heteroatoms. The smallest absolute Gasteiger partial charge is 0.276 e. The van der Waals surface area contributed by atoms with Crippen molar-refractivity contribution in [2.75, 3.05) is 6.54 Å². The van der Waals surface area contributed by atoms with Crippen molar-refractivity contribution in [3.8, 4) is 0 Å². The van der Waals surface area contributed by atoms with Gasteiger partial charge in [-0.05, 0) is 25.0 Å². The Morgan fingerprint density at radius 1 is 1.50 bits per heavy atom. The molecule has 1 N–H and O–H groups in total. The topological polar surface area (TPSA) is 70.8 Å². The lowest BCUT2D eigenvalue weighted by Gasteiger charge is -2.17. The molecular weight excluding hydrogens is 230 g/mol. The number of nitrogens with zero attached hydrogens (tertiary/aromatic N) is 1. The van der Waals surface area contributed by atoms with Crippen molar-refractivity contribution in [3.63, 3.8) is 0 Å². The first-order valence-electron chi connectivity index (χ1n) is 5.31. The first kappa shape index (κ1) is 11.6. The fraction of sp³-hybridized carbons (Fsp3) is 0.600. The van der Waals surface area contributed by atoms with Crippen molar-refractivity contribution >= 4 is 10.0 Å². The van der Waals surface area contributed by atoms with Crippen LogP contribution in [0.5, 0.6) is 0 Å². The summed E-state index contributed by atoms with van der Waals surface area (Å²) < 4.78 is 30.8. The van der Waals surface area contributed by atoms with Crippen molar-refractivity contribution in [1.29, 1.82) is 0 Å². The van der Waals surface area contributed by atoms with Gasteiger partial charge >= 0.3 is 0 Å². The first-order chi connectivity index (χ1) is 7.59. The summed E-state index contributed by atoms with van der Waals surface area (Å²) in [6, 6.07) is 3.00. The average molecular weight is 245 g/mol. The van der Waals surface area contributed by atoms with E-state index >= 15 is 0 Å². The van der Waals surface area contributed by atoms with E-state index in [9.17, 15) is 8.42 Å². The van der Waals surface area contributed by atoms with E-state index in [1.165, 1.54) is 16.4 Å². The van der Waals surface area contributed by atoms with Crippen molar-refractivity contribution in [2.24, 2.45) is 0 Å². The summed E-state index contributed by atoms with van der Waals surface area (Å²) in [5.74, 6) is 0.269. The Kier molecular flexibility index (Phi) is 3.05. The van der Waals surface area contributed by atoms with Crippen LogP contribution in [0, 0.1) is 0 Å². The number of aliphatic hydroxyl groups is 1. The Labute approximate surface area is 94.7 Å². The minimum Gasteiger partial charge on any atom is -0.446 e. The van der Waals surface area contributed by atoms with Crippen LogP contribution < -0.4 is 0 Å². The van der Waals surface area contributed by atoms with Crippen LogP contribution in [0.25, 0.3) is 0 Å². The second-order valence-electron chi connectivity index (χ2n) is 3.82. The molecule has 0 bridgehead atoms. The third-order valence-corrected chi connectivity index (χ3v) is 4.52. The molecule has 90 valence electrons. The number of hydrogen-bond donors (Lipinski definition) is 1. The van der Waals surface area contributed by atoms with Gasteiger partial charge in [-0.1, -0.05) is 6.92 Å². The highest BCUT2D eigenvalue weighted by molar-refractivity contribution is 7.89. The molecule has 1 heterocycles. The summed E-state index contributed by atoms with van der Waals surface area (Å²) >= 11 is 0. The summed E-state index contributed by atoms with van der Waals surface area (Å²) in [5.41, 5.74) is 0. The van der Waals surface area contributed by atoms with Gasteiger partial charge in [0, 0.05) is 12.6 Å². The Morgan fingerprint density at radius 2 is 2.19 bits per heavy atom. The second kappa shape index (κ2) is 4.20. The van der Waals surface area contributed by atoms with Crippen molar-refractivity contribution in [3.05, 3.63) is 17.9 Å². The molecule has 0 aromatic carbocycles. The Hall–Kier alpha value is -0.850. The molecule has 0 aliphatic heterocycles. The second-order valence-corrected chi connectivity index (χ2v) is 5.64. The molecule has 1 fully saturated rings. The molecule has 0 radical (unpaired) electrons. The molecule has 0 amide bonds. The molecule has 0 spiro atoms. The van der Waals surface area contributed by atoms with Crippen LogP contribution in [-0.4, -0.2) is 30.4 Å². The van der Waals surface area contributed by atoms with Crippen LogP contribution >= 0.6 is 0 Å². The highest BCUT2D eigenvalue weighted by Gasteiger charge is 2.38. The summed E-state index contributed by atoms with van der Waals surface area (Å²) in [6.07, 6.45) is 1.83. The van der Waals surface area contributed by atoms with Crippen LogP contribution in [0.1, 0.15) is 25.5 Å². The predicted molar refractivity (Wildman–Crippen MR) is 57.2 cm³/mol. The Balaban J connectivity index is 2.29. The zero-order valence-electron chi connectivity index (χ0n) is 9.09. The fourth-order valence-corrected chi connectivity index (χ4v) is 3.31. The largest absolute Gasteiger partial charge is 0.446 e. The fourth-order valence-electron chi connectivity index (χ4n) is 1.68. The zero-order valence-corrected chi connectivity index (χ0v) is 9.90. The summed E-state index contributed by atoms with van der Waals surface area (Å²) in [7, 11) is -3.52. The summed E-state index contributed by atoms with van der Waals surface area (Å²) in [5, 5.41) is 8.75. The monoisotopic (exact) mass is 245 g/mol. The maximum absolute atomic E-state index is 12.1. The number of rotatable bonds is 5. The van der Waals surface area contributed by atoms with E-state index in [0.29, 0.717) is 6.54 Å². The van der Waals surface area contributed by atoms with Crippen molar-refractivity contribution in [1.82, 2.24) is 4.31 Å². The summed E-state index contributed by atoms with van der Waals surface area (Å²) in [6.45, 7) is 1.97. The predicted octanol–water partition coefficient (Wildman–Crippen LogP) is 0.945. The molecule has 2 rings (SSSR count). The number of sulfonamides is 1. The van der Waals surface area contributed by atoms with Gasteiger partial charge in [-0.3, -0.25) is 0 Å². The Morgan fingerprint density at radius 3 is 2.62 bits per heavy atom. The molecule has 16 heavy (non-hydrogen) atoms. The van der Waals surface area contributed by atoms with Crippen molar-refractivity contribution in [2.45, 2.75) is 37.5 Å². The first-order valence-corrected chi connectivity index (χ1v) is 6.75. The van der Waals surface area contributed by atoms with E-state index in [1.54, 1.807) is 0 Å². The van der Waals surface area contributed by atoms with Gasteiger partial charge in [0.1, 0.15) is 12.4 Å². The molecule has 0 unspecified atom stereocenters. The zero-order chi connectivity index (χ0) is 11.8. The van der Waals surface area contributed by atoms with Gasteiger partial charge in [-0.2, -0.15) is 4.31 Å². The number of furan rings is 1. The van der Waals surface area contributed by atoms with Crippen LogP contribution in [0.15, 0.2) is 21.6 Å². The lowest BCUT2D eigenvalue weighted by Crippen LogP contribution is -2.32.